The van der Waals surface area contributed by atoms with Gasteiger partial charge in [-0.2, -0.15) is 0 Å². The summed E-state index contributed by atoms with van der Waals surface area (Å²) in [7, 11) is 0. The van der Waals surface area contributed by atoms with Crippen molar-refractivity contribution in [1.29, 1.82) is 0 Å². The first kappa shape index (κ1) is 13.2. The number of amides is 2. The van der Waals surface area contributed by atoms with Crippen LogP contribution >= 0.6 is 0 Å². The molecule has 2 N–H and O–H groups in total. The zero-order valence-electron chi connectivity index (χ0n) is 10.9. The Hall–Kier alpha value is -1.26. The number of aliphatic carboxylic acids is 1. The van der Waals surface area contributed by atoms with Gasteiger partial charge in [0.05, 0.1) is 5.92 Å². The number of carbonyl (C=O) groups is 2. The van der Waals surface area contributed by atoms with E-state index in [0.29, 0.717) is 12.6 Å². The minimum absolute atomic E-state index is 0.0314. The number of carboxylic acids is 1. The normalized spacial score (nSPS) is 26.9. The zero-order valence-corrected chi connectivity index (χ0v) is 10.9. The van der Waals surface area contributed by atoms with Gasteiger partial charge in [0.1, 0.15) is 0 Å². The number of carbonyl (C=O) groups excluding carboxylic acids is 1. The maximum atomic E-state index is 12.0. The summed E-state index contributed by atoms with van der Waals surface area (Å²) in [4.78, 5) is 24.9. The Labute approximate surface area is 108 Å². The third-order valence-corrected chi connectivity index (χ3v) is 4.08. The summed E-state index contributed by atoms with van der Waals surface area (Å²) in [5.41, 5.74) is 0. The highest BCUT2D eigenvalue weighted by atomic mass is 16.4. The van der Waals surface area contributed by atoms with E-state index in [9.17, 15) is 9.59 Å². The van der Waals surface area contributed by atoms with Crippen LogP contribution in [0.1, 0.15) is 39.0 Å². The number of nitrogens with one attached hydrogen (secondary N) is 1. The van der Waals surface area contributed by atoms with Crippen molar-refractivity contribution in [3.05, 3.63) is 0 Å². The SMILES string of the molecule is CCN(C(=O)NCC1CCCC1C(=O)O)C1CC1. The number of carboxylic acid groups (broad SMARTS) is 1. The lowest BCUT2D eigenvalue weighted by Crippen LogP contribution is -2.43. The summed E-state index contributed by atoms with van der Waals surface area (Å²) in [5, 5.41) is 12.0. The van der Waals surface area contributed by atoms with E-state index in [4.69, 9.17) is 5.11 Å². The third-order valence-electron chi connectivity index (χ3n) is 4.08. The van der Waals surface area contributed by atoms with Gasteiger partial charge in [0.2, 0.25) is 0 Å². The average molecular weight is 254 g/mol. The predicted molar refractivity (Wildman–Crippen MR) is 67.3 cm³/mol. The molecule has 0 bridgehead atoms. The Balaban J connectivity index is 1.79. The molecule has 0 spiro atoms. The standard InChI is InChI=1S/C13H22N2O3/c1-2-15(10-6-7-10)13(18)14-8-9-4-3-5-11(9)12(16)17/h9-11H,2-8H2,1H3,(H,14,18)(H,16,17). The molecular formula is C13H22N2O3. The van der Waals surface area contributed by atoms with Crippen LogP contribution in [-0.4, -0.2) is 41.1 Å². The molecule has 0 aliphatic heterocycles. The van der Waals surface area contributed by atoms with Crippen LogP contribution in [0, 0.1) is 11.8 Å². The molecular weight excluding hydrogens is 232 g/mol. The van der Waals surface area contributed by atoms with Crippen LogP contribution in [0.25, 0.3) is 0 Å². The molecule has 2 amide bonds. The molecule has 2 fully saturated rings. The van der Waals surface area contributed by atoms with E-state index in [-0.39, 0.29) is 17.9 Å². The van der Waals surface area contributed by atoms with E-state index < -0.39 is 5.97 Å². The monoisotopic (exact) mass is 254 g/mol. The molecule has 102 valence electrons. The number of rotatable bonds is 5. The summed E-state index contributed by atoms with van der Waals surface area (Å²) in [5.74, 6) is -0.896. The number of urea groups is 1. The van der Waals surface area contributed by atoms with Crippen LogP contribution in [0.15, 0.2) is 0 Å². The van der Waals surface area contributed by atoms with E-state index >= 15 is 0 Å². The maximum absolute atomic E-state index is 12.0. The Morgan fingerprint density at radius 1 is 1.28 bits per heavy atom. The molecule has 18 heavy (non-hydrogen) atoms. The van der Waals surface area contributed by atoms with Gasteiger partial charge in [-0.05, 0) is 38.5 Å². The highest BCUT2D eigenvalue weighted by Gasteiger charge is 2.35. The summed E-state index contributed by atoms with van der Waals surface area (Å²) < 4.78 is 0. The van der Waals surface area contributed by atoms with Gasteiger partial charge in [-0.1, -0.05) is 6.42 Å². The van der Waals surface area contributed by atoms with Crippen molar-refractivity contribution in [3.8, 4) is 0 Å². The molecule has 0 aromatic carbocycles. The second-order valence-electron chi connectivity index (χ2n) is 5.34. The molecule has 5 nitrogen and oxygen atoms in total. The van der Waals surface area contributed by atoms with Crippen molar-refractivity contribution >= 4 is 12.0 Å². The minimum atomic E-state index is -0.721. The van der Waals surface area contributed by atoms with Gasteiger partial charge < -0.3 is 15.3 Å². The van der Waals surface area contributed by atoms with Crippen LogP contribution in [0.3, 0.4) is 0 Å². The number of nitrogens with zero attached hydrogens (tertiary/aromatic N) is 1. The molecule has 0 radical (unpaired) electrons. The lowest BCUT2D eigenvalue weighted by molar-refractivity contribution is -0.142. The lowest BCUT2D eigenvalue weighted by Gasteiger charge is -2.23. The molecule has 2 unspecified atom stereocenters. The van der Waals surface area contributed by atoms with Crippen molar-refractivity contribution in [2.24, 2.45) is 11.8 Å². The molecule has 2 aliphatic rings. The smallest absolute Gasteiger partial charge is 0.317 e. The van der Waals surface area contributed by atoms with Gasteiger partial charge in [-0.25, -0.2) is 4.79 Å². The Morgan fingerprint density at radius 2 is 2.00 bits per heavy atom. The van der Waals surface area contributed by atoms with Crippen LogP contribution in [0.5, 0.6) is 0 Å². The molecule has 0 aromatic heterocycles. The summed E-state index contributed by atoms with van der Waals surface area (Å²) in [6.07, 6.45) is 4.81. The fourth-order valence-corrected chi connectivity index (χ4v) is 2.88. The van der Waals surface area contributed by atoms with Crippen molar-refractivity contribution in [1.82, 2.24) is 10.2 Å². The summed E-state index contributed by atoms with van der Waals surface area (Å²) in [6, 6.07) is 0.380. The van der Waals surface area contributed by atoms with Crippen LogP contribution in [0.4, 0.5) is 4.79 Å². The molecule has 2 atom stereocenters. The maximum Gasteiger partial charge on any atom is 0.317 e. The Morgan fingerprint density at radius 3 is 2.56 bits per heavy atom. The highest BCUT2D eigenvalue weighted by molar-refractivity contribution is 5.75. The van der Waals surface area contributed by atoms with Gasteiger partial charge in [0.25, 0.3) is 0 Å². The predicted octanol–water partition coefficient (Wildman–Crippen LogP) is 1.68. The fourth-order valence-electron chi connectivity index (χ4n) is 2.88. The molecule has 0 saturated heterocycles. The molecule has 5 heteroatoms. The zero-order chi connectivity index (χ0) is 13.1. The summed E-state index contributed by atoms with van der Waals surface area (Å²) >= 11 is 0. The first-order chi connectivity index (χ1) is 8.63. The van der Waals surface area contributed by atoms with E-state index in [1.54, 1.807) is 0 Å². The first-order valence-corrected chi connectivity index (χ1v) is 6.90. The first-order valence-electron chi connectivity index (χ1n) is 6.90. The quantitative estimate of drug-likeness (QED) is 0.784. The van der Waals surface area contributed by atoms with Gasteiger partial charge in [0.15, 0.2) is 0 Å². The summed E-state index contributed by atoms with van der Waals surface area (Å²) in [6.45, 7) is 3.20. The Kier molecular flexibility index (Phi) is 4.09. The molecule has 2 saturated carbocycles. The van der Waals surface area contributed by atoms with Gasteiger partial charge in [0, 0.05) is 19.1 Å². The van der Waals surface area contributed by atoms with Gasteiger partial charge >= 0.3 is 12.0 Å². The molecule has 0 aromatic rings. The molecule has 0 heterocycles. The third kappa shape index (κ3) is 2.94. The van der Waals surface area contributed by atoms with Crippen molar-refractivity contribution in [3.63, 3.8) is 0 Å². The van der Waals surface area contributed by atoms with E-state index in [0.717, 1.165) is 38.6 Å². The van der Waals surface area contributed by atoms with E-state index in [1.165, 1.54) is 0 Å². The van der Waals surface area contributed by atoms with Gasteiger partial charge in [-0.3, -0.25) is 4.79 Å². The van der Waals surface area contributed by atoms with Gasteiger partial charge in [-0.15, -0.1) is 0 Å². The number of hydrogen-bond acceptors (Lipinski definition) is 2. The van der Waals surface area contributed by atoms with Crippen LogP contribution in [0.2, 0.25) is 0 Å². The van der Waals surface area contributed by atoms with Crippen LogP contribution in [-0.2, 0) is 4.79 Å². The lowest BCUT2D eigenvalue weighted by atomic mass is 9.96. The van der Waals surface area contributed by atoms with Crippen molar-refractivity contribution in [2.75, 3.05) is 13.1 Å². The highest BCUT2D eigenvalue weighted by Crippen LogP contribution is 2.31. The van der Waals surface area contributed by atoms with Crippen LogP contribution < -0.4 is 5.32 Å². The topological polar surface area (TPSA) is 69.6 Å². The second kappa shape index (κ2) is 5.59. The van der Waals surface area contributed by atoms with Crippen molar-refractivity contribution < 1.29 is 14.7 Å². The fraction of sp³-hybridized carbons (Fsp3) is 0.846. The second-order valence-corrected chi connectivity index (χ2v) is 5.34. The number of hydrogen-bond donors (Lipinski definition) is 2. The Bertz CT molecular complexity index is 328. The van der Waals surface area contributed by atoms with E-state index in [2.05, 4.69) is 5.32 Å². The van der Waals surface area contributed by atoms with E-state index in [1.807, 2.05) is 11.8 Å². The largest absolute Gasteiger partial charge is 0.481 e. The average Bonchev–Trinajstić information content (AvgIpc) is 3.05. The molecule has 2 rings (SSSR count). The minimum Gasteiger partial charge on any atom is -0.481 e. The van der Waals surface area contributed by atoms with Crippen molar-refractivity contribution in [2.45, 2.75) is 45.1 Å². The molecule has 2 aliphatic carbocycles.